The summed E-state index contributed by atoms with van der Waals surface area (Å²) in [5, 5.41) is 0. The first kappa shape index (κ1) is 11.0. The van der Waals surface area contributed by atoms with E-state index in [1.165, 1.54) is 0 Å². The average molecular weight is 174 g/mol. The van der Waals surface area contributed by atoms with Crippen molar-refractivity contribution in [1.82, 2.24) is 0 Å². The Morgan fingerprint density at radius 1 is 1.36 bits per heavy atom. The minimum absolute atomic E-state index is 0.409. The molecule has 0 spiro atoms. The van der Waals surface area contributed by atoms with Crippen LogP contribution in [0.5, 0.6) is 0 Å². The molecule has 0 atom stereocenters. The van der Waals surface area contributed by atoms with Crippen LogP contribution in [0.3, 0.4) is 0 Å². The lowest BCUT2D eigenvalue weighted by Gasteiger charge is -2.09. The molecule has 0 aromatic carbocycles. The SMILES string of the molecule is CCC(CC)CC(=O)CSC. The van der Waals surface area contributed by atoms with Gasteiger partial charge in [-0.3, -0.25) is 4.79 Å². The molecule has 11 heavy (non-hydrogen) atoms. The average Bonchev–Trinajstić information content (AvgIpc) is 2.01. The summed E-state index contributed by atoms with van der Waals surface area (Å²) in [6.07, 6.45) is 5.03. The van der Waals surface area contributed by atoms with Crippen LogP contribution in [0.2, 0.25) is 0 Å². The van der Waals surface area contributed by atoms with Crippen molar-refractivity contribution >= 4 is 17.5 Å². The summed E-state index contributed by atoms with van der Waals surface area (Å²) in [5.41, 5.74) is 0. The van der Waals surface area contributed by atoms with Gasteiger partial charge in [0.05, 0.1) is 5.75 Å². The molecular weight excluding hydrogens is 156 g/mol. The van der Waals surface area contributed by atoms with Crippen molar-refractivity contribution < 1.29 is 4.79 Å². The van der Waals surface area contributed by atoms with Gasteiger partial charge in [-0.1, -0.05) is 26.7 Å². The topological polar surface area (TPSA) is 17.1 Å². The fourth-order valence-electron chi connectivity index (χ4n) is 1.12. The van der Waals surface area contributed by atoms with E-state index >= 15 is 0 Å². The highest BCUT2D eigenvalue weighted by Gasteiger charge is 2.08. The summed E-state index contributed by atoms with van der Waals surface area (Å²) in [6, 6.07) is 0. The molecule has 0 N–H and O–H groups in total. The molecule has 0 aromatic rings. The van der Waals surface area contributed by atoms with Gasteiger partial charge in [-0.05, 0) is 12.2 Å². The first-order chi connectivity index (χ1) is 5.24. The lowest BCUT2D eigenvalue weighted by molar-refractivity contribution is -0.117. The first-order valence-corrected chi connectivity index (χ1v) is 5.64. The second-order valence-corrected chi connectivity index (χ2v) is 3.72. The Balaban J connectivity index is 3.54. The van der Waals surface area contributed by atoms with Gasteiger partial charge in [-0.15, -0.1) is 0 Å². The molecule has 0 aliphatic carbocycles. The molecule has 0 saturated heterocycles. The molecule has 0 radical (unpaired) electrons. The summed E-state index contributed by atoms with van der Waals surface area (Å²) in [6.45, 7) is 4.31. The lowest BCUT2D eigenvalue weighted by Crippen LogP contribution is -2.08. The number of Topliss-reactive ketones (excluding diaryl/α,β-unsaturated/α-hetero) is 1. The summed E-state index contributed by atoms with van der Waals surface area (Å²) in [7, 11) is 0. The minimum atomic E-state index is 0.409. The fraction of sp³-hybridized carbons (Fsp3) is 0.889. The van der Waals surface area contributed by atoms with Crippen molar-refractivity contribution in [1.29, 1.82) is 0 Å². The van der Waals surface area contributed by atoms with E-state index in [4.69, 9.17) is 0 Å². The highest BCUT2D eigenvalue weighted by atomic mass is 32.2. The third kappa shape index (κ3) is 5.31. The Morgan fingerprint density at radius 2 is 1.91 bits per heavy atom. The zero-order chi connectivity index (χ0) is 8.69. The fourth-order valence-corrected chi connectivity index (χ4v) is 1.56. The predicted molar refractivity (Wildman–Crippen MR) is 52.1 cm³/mol. The number of carbonyl (C=O) groups excluding carboxylic acids is 1. The normalized spacial score (nSPS) is 10.5. The van der Waals surface area contributed by atoms with Gasteiger partial charge < -0.3 is 0 Å². The molecule has 0 aliphatic heterocycles. The van der Waals surface area contributed by atoms with Gasteiger partial charge in [-0.25, -0.2) is 0 Å². The van der Waals surface area contributed by atoms with E-state index < -0.39 is 0 Å². The number of carbonyl (C=O) groups is 1. The van der Waals surface area contributed by atoms with Crippen LogP contribution in [0.4, 0.5) is 0 Å². The molecule has 2 heteroatoms. The Hall–Kier alpha value is 0.0200. The van der Waals surface area contributed by atoms with Crippen LogP contribution < -0.4 is 0 Å². The third-order valence-electron chi connectivity index (χ3n) is 1.98. The monoisotopic (exact) mass is 174 g/mol. The maximum Gasteiger partial charge on any atom is 0.143 e. The quantitative estimate of drug-likeness (QED) is 0.616. The van der Waals surface area contributed by atoms with E-state index in [2.05, 4.69) is 13.8 Å². The molecule has 0 heterocycles. The van der Waals surface area contributed by atoms with Crippen LogP contribution in [0.25, 0.3) is 0 Å². The summed E-state index contributed by atoms with van der Waals surface area (Å²) < 4.78 is 0. The predicted octanol–water partition coefficient (Wildman–Crippen LogP) is 2.74. The van der Waals surface area contributed by atoms with Crippen molar-refractivity contribution in [2.75, 3.05) is 12.0 Å². The molecule has 1 nitrogen and oxygen atoms in total. The highest BCUT2D eigenvalue weighted by Crippen LogP contribution is 2.13. The van der Waals surface area contributed by atoms with Gasteiger partial charge in [0.2, 0.25) is 0 Å². The summed E-state index contributed by atoms with van der Waals surface area (Å²) in [5.74, 6) is 1.72. The van der Waals surface area contributed by atoms with Crippen molar-refractivity contribution in [3.63, 3.8) is 0 Å². The van der Waals surface area contributed by atoms with Crippen LogP contribution in [0, 0.1) is 5.92 Å². The maximum atomic E-state index is 11.2. The second-order valence-electron chi connectivity index (χ2n) is 2.86. The maximum absolute atomic E-state index is 11.2. The van der Waals surface area contributed by atoms with Gasteiger partial charge in [0, 0.05) is 6.42 Å². The standard InChI is InChI=1S/C9H18OS/c1-4-8(5-2)6-9(10)7-11-3/h8H,4-7H2,1-3H3. The Bertz CT molecular complexity index is 108. The molecule has 0 rings (SSSR count). The molecular formula is C9H18OS. The van der Waals surface area contributed by atoms with Crippen LogP contribution in [0.1, 0.15) is 33.1 Å². The number of rotatable bonds is 6. The van der Waals surface area contributed by atoms with Gasteiger partial charge in [0.25, 0.3) is 0 Å². The van der Waals surface area contributed by atoms with Gasteiger partial charge in [-0.2, -0.15) is 11.8 Å². The van der Waals surface area contributed by atoms with Crippen molar-refractivity contribution in [2.45, 2.75) is 33.1 Å². The molecule has 0 bridgehead atoms. The molecule has 0 unspecified atom stereocenters. The van der Waals surface area contributed by atoms with Crippen LogP contribution >= 0.6 is 11.8 Å². The van der Waals surface area contributed by atoms with E-state index in [-0.39, 0.29) is 0 Å². The number of hydrogen-bond donors (Lipinski definition) is 0. The zero-order valence-electron chi connectivity index (χ0n) is 7.72. The second kappa shape index (κ2) is 6.71. The van der Waals surface area contributed by atoms with Gasteiger partial charge >= 0.3 is 0 Å². The van der Waals surface area contributed by atoms with E-state index in [9.17, 15) is 4.79 Å². The Labute approximate surface area is 73.9 Å². The minimum Gasteiger partial charge on any atom is -0.299 e. The molecule has 0 amide bonds. The molecule has 0 saturated carbocycles. The number of hydrogen-bond acceptors (Lipinski definition) is 2. The lowest BCUT2D eigenvalue weighted by atomic mass is 9.98. The Kier molecular flexibility index (Phi) is 6.73. The van der Waals surface area contributed by atoms with E-state index in [0.29, 0.717) is 17.5 Å². The molecule has 66 valence electrons. The van der Waals surface area contributed by atoms with Crippen molar-refractivity contribution in [2.24, 2.45) is 5.92 Å². The molecule has 0 fully saturated rings. The summed E-state index contributed by atoms with van der Waals surface area (Å²) >= 11 is 1.62. The van der Waals surface area contributed by atoms with Crippen LogP contribution in [-0.4, -0.2) is 17.8 Å². The number of ketones is 1. The van der Waals surface area contributed by atoms with E-state index in [1.807, 2.05) is 6.26 Å². The van der Waals surface area contributed by atoms with Crippen molar-refractivity contribution in [3.05, 3.63) is 0 Å². The highest BCUT2D eigenvalue weighted by molar-refractivity contribution is 7.99. The van der Waals surface area contributed by atoms with E-state index in [1.54, 1.807) is 11.8 Å². The molecule has 0 aromatic heterocycles. The largest absolute Gasteiger partial charge is 0.299 e. The van der Waals surface area contributed by atoms with Gasteiger partial charge in [0.15, 0.2) is 0 Å². The Morgan fingerprint density at radius 3 is 2.27 bits per heavy atom. The van der Waals surface area contributed by atoms with Gasteiger partial charge in [0.1, 0.15) is 5.78 Å². The summed E-state index contributed by atoms with van der Waals surface area (Å²) in [4.78, 5) is 11.2. The third-order valence-corrected chi connectivity index (χ3v) is 2.59. The zero-order valence-corrected chi connectivity index (χ0v) is 8.54. The molecule has 0 aliphatic rings. The van der Waals surface area contributed by atoms with Crippen LogP contribution in [0.15, 0.2) is 0 Å². The van der Waals surface area contributed by atoms with Crippen LogP contribution in [-0.2, 0) is 4.79 Å². The number of thioether (sulfide) groups is 1. The smallest absolute Gasteiger partial charge is 0.143 e. The first-order valence-electron chi connectivity index (χ1n) is 4.25. The van der Waals surface area contributed by atoms with Crippen molar-refractivity contribution in [3.8, 4) is 0 Å². The van der Waals surface area contributed by atoms with E-state index in [0.717, 1.165) is 19.3 Å².